The van der Waals surface area contributed by atoms with E-state index in [9.17, 15) is 13.2 Å². The monoisotopic (exact) mass is 376 g/mol. The van der Waals surface area contributed by atoms with Gasteiger partial charge in [-0.15, -0.1) is 0 Å². The van der Waals surface area contributed by atoms with Gasteiger partial charge in [0, 0.05) is 24.0 Å². The molecule has 1 aromatic carbocycles. The normalized spacial score (nSPS) is 18.7. The van der Waals surface area contributed by atoms with Crippen LogP contribution in [0.5, 0.6) is 0 Å². The van der Waals surface area contributed by atoms with Gasteiger partial charge in [0.05, 0.1) is 29.8 Å². The Morgan fingerprint density at radius 3 is 2.62 bits per heavy atom. The Balaban J connectivity index is 1.72. The van der Waals surface area contributed by atoms with Crippen molar-refractivity contribution in [2.75, 3.05) is 23.9 Å². The summed E-state index contributed by atoms with van der Waals surface area (Å²) in [6.07, 6.45) is 0.591. The number of amides is 2. The first-order valence-corrected chi connectivity index (χ1v) is 10.4. The topological polar surface area (TPSA) is 84.3 Å². The predicted molar refractivity (Wildman–Crippen MR) is 101 cm³/mol. The molecule has 1 N–H and O–H groups in total. The summed E-state index contributed by atoms with van der Waals surface area (Å²) in [5.41, 5.74) is 3.44. The average Bonchev–Trinajstić information content (AvgIpc) is 3.09. The van der Waals surface area contributed by atoms with Crippen LogP contribution < -0.4 is 5.32 Å². The van der Waals surface area contributed by atoms with Crippen LogP contribution in [0.25, 0.3) is 0 Å². The molecule has 1 aliphatic heterocycles. The third-order valence-electron chi connectivity index (χ3n) is 4.80. The lowest BCUT2D eigenvalue weighted by molar-refractivity contribution is 0.220. The molecule has 0 saturated carbocycles. The molecule has 2 heterocycles. The number of carbonyl (C=O) groups is 1. The molecule has 1 aliphatic rings. The summed E-state index contributed by atoms with van der Waals surface area (Å²) >= 11 is 0. The molecule has 1 fully saturated rings. The van der Waals surface area contributed by atoms with E-state index < -0.39 is 9.84 Å². The molecule has 0 spiro atoms. The van der Waals surface area contributed by atoms with Gasteiger partial charge in [-0.3, -0.25) is 4.68 Å². The number of rotatable bonds is 4. The molecular formula is C18H24N4O3S. The zero-order chi connectivity index (χ0) is 18.9. The van der Waals surface area contributed by atoms with Crippen molar-refractivity contribution in [3.8, 4) is 0 Å². The SMILES string of the molecule is Cc1nn(C2CCS(=O)(=O)C2)c(C)c1CN(C)C(=O)Nc1ccccc1. The van der Waals surface area contributed by atoms with E-state index in [0.717, 1.165) is 22.6 Å². The maximum atomic E-state index is 12.4. The molecule has 2 amide bonds. The van der Waals surface area contributed by atoms with Gasteiger partial charge in [0.15, 0.2) is 9.84 Å². The number of hydrogen-bond acceptors (Lipinski definition) is 4. The van der Waals surface area contributed by atoms with Crippen LogP contribution in [0, 0.1) is 13.8 Å². The van der Waals surface area contributed by atoms with Crippen molar-refractivity contribution in [2.24, 2.45) is 0 Å². The molecule has 1 saturated heterocycles. The number of sulfone groups is 1. The fraction of sp³-hybridized carbons (Fsp3) is 0.444. The Hall–Kier alpha value is -2.35. The van der Waals surface area contributed by atoms with E-state index in [2.05, 4.69) is 10.4 Å². The summed E-state index contributed by atoms with van der Waals surface area (Å²) in [6.45, 7) is 4.24. The Morgan fingerprint density at radius 2 is 2.00 bits per heavy atom. The van der Waals surface area contributed by atoms with Crippen LogP contribution in [0.1, 0.15) is 29.4 Å². The van der Waals surface area contributed by atoms with Crippen molar-refractivity contribution in [3.05, 3.63) is 47.3 Å². The van der Waals surface area contributed by atoms with Crippen molar-refractivity contribution in [2.45, 2.75) is 32.9 Å². The number of urea groups is 1. The summed E-state index contributed by atoms with van der Waals surface area (Å²) in [4.78, 5) is 14.0. The molecule has 7 nitrogen and oxygen atoms in total. The predicted octanol–water partition coefficient (Wildman–Crippen LogP) is 2.52. The summed E-state index contributed by atoms with van der Waals surface area (Å²) in [7, 11) is -1.24. The number of hydrogen-bond donors (Lipinski definition) is 1. The van der Waals surface area contributed by atoms with Crippen LogP contribution in [0.2, 0.25) is 0 Å². The van der Waals surface area contributed by atoms with E-state index >= 15 is 0 Å². The maximum absolute atomic E-state index is 12.4. The highest BCUT2D eigenvalue weighted by Crippen LogP contribution is 2.27. The van der Waals surface area contributed by atoms with Crippen LogP contribution in [-0.2, 0) is 16.4 Å². The number of nitrogens with one attached hydrogen (secondary N) is 1. The van der Waals surface area contributed by atoms with Gasteiger partial charge in [0.2, 0.25) is 0 Å². The van der Waals surface area contributed by atoms with Crippen molar-refractivity contribution in [1.29, 1.82) is 0 Å². The fourth-order valence-electron chi connectivity index (χ4n) is 3.30. The minimum absolute atomic E-state index is 0.115. The van der Waals surface area contributed by atoms with E-state index in [-0.39, 0.29) is 23.6 Å². The third-order valence-corrected chi connectivity index (χ3v) is 6.55. The highest BCUT2D eigenvalue weighted by molar-refractivity contribution is 7.91. The largest absolute Gasteiger partial charge is 0.323 e. The maximum Gasteiger partial charge on any atom is 0.321 e. The molecule has 26 heavy (non-hydrogen) atoms. The Labute approximate surface area is 153 Å². The second kappa shape index (κ2) is 7.11. The highest BCUT2D eigenvalue weighted by Gasteiger charge is 2.31. The van der Waals surface area contributed by atoms with Crippen molar-refractivity contribution in [3.63, 3.8) is 0 Å². The molecule has 0 bridgehead atoms. The minimum atomic E-state index is -2.97. The van der Waals surface area contributed by atoms with E-state index in [1.165, 1.54) is 0 Å². The van der Waals surface area contributed by atoms with Crippen LogP contribution in [-0.4, -0.2) is 47.7 Å². The molecule has 0 aliphatic carbocycles. The smallest absolute Gasteiger partial charge is 0.321 e. The van der Waals surface area contributed by atoms with Crippen molar-refractivity contribution in [1.82, 2.24) is 14.7 Å². The molecule has 3 rings (SSSR count). The lowest BCUT2D eigenvalue weighted by Gasteiger charge is -2.19. The van der Waals surface area contributed by atoms with E-state index in [1.807, 2.05) is 48.9 Å². The molecule has 1 unspecified atom stereocenters. The quantitative estimate of drug-likeness (QED) is 0.889. The van der Waals surface area contributed by atoms with Gasteiger partial charge in [-0.1, -0.05) is 18.2 Å². The first kappa shape index (κ1) is 18.4. The first-order valence-electron chi connectivity index (χ1n) is 8.59. The third kappa shape index (κ3) is 3.90. The molecule has 140 valence electrons. The Bertz CT molecular complexity index is 906. The van der Waals surface area contributed by atoms with Crippen LogP contribution >= 0.6 is 0 Å². The number of benzene rings is 1. The second-order valence-corrected chi connectivity index (χ2v) is 9.03. The van der Waals surface area contributed by atoms with Crippen molar-refractivity contribution < 1.29 is 13.2 Å². The Morgan fingerprint density at radius 1 is 1.31 bits per heavy atom. The number of aryl methyl sites for hydroxylation is 1. The lowest BCUT2D eigenvalue weighted by Crippen LogP contribution is -2.31. The number of aromatic nitrogens is 2. The van der Waals surface area contributed by atoms with E-state index in [0.29, 0.717) is 13.0 Å². The number of anilines is 1. The van der Waals surface area contributed by atoms with Crippen LogP contribution in [0.3, 0.4) is 0 Å². The number of nitrogens with zero attached hydrogens (tertiary/aromatic N) is 3. The molecule has 1 atom stereocenters. The molecular weight excluding hydrogens is 352 g/mol. The summed E-state index contributed by atoms with van der Waals surface area (Å²) in [5.74, 6) is 0.351. The lowest BCUT2D eigenvalue weighted by atomic mass is 10.2. The molecule has 2 aromatic rings. The zero-order valence-corrected chi connectivity index (χ0v) is 16.1. The van der Waals surface area contributed by atoms with Gasteiger partial charge in [0.1, 0.15) is 0 Å². The van der Waals surface area contributed by atoms with Crippen LogP contribution in [0.4, 0.5) is 10.5 Å². The van der Waals surface area contributed by atoms with Gasteiger partial charge >= 0.3 is 6.03 Å². The van der Waals surface area contributed by atoms with Gasteiger partial charge in [-0.25, -0.2) is 13.2 Å². The molecule has 8 heteroatoms. The fourth-order valence-corrected chi connectivity index (χ4v) is 4.99. The van der Waals surface area contributed by atoms with Gasteiger partial charge in [-0.2, -0.15) is 5.10 Å². The van der Waals surface area contributed by atoms with E-state index in [4.69, 9.17) is 0 Å². The number of carbonyl (C=O) groups excluding carboxylic acids is 1. The molecule has 0 radical (unpaired) electrons. The van der Waals surface area contributed by atoms with Crippen LogP contribution in [0.15, 0.2) is 30.3 Å². The highest BCUT2D eigenvalue weighted by atomic mass is 32.2. The molecule has 1 aromatic heterocycles. The van der Waals surface area contributed by atoms with E-state index in [1.54, 1.807) is 11.9 Å². The Kier molecular flexibility index (Phi) is 5.04. The standard InChI is InChI=1S/C18H24N4O3S/c1-13-17(11-21(3)18(23)19-15-7-5-4-6-8-15)14(2)22(20-13)16-9-10-26(24,25)12-16/h4-8,16H,9-12H2,1-3H3,(H,19,23). The minimum Gasteiger partial charge on any atom is -0.323 e. The average molecular weight is 376 g/mol. The summed E-state index contributed by atoms with van der Waals surface area (Å²) in [5, 5.41) is 7.40. The number of para-hydroxylation sites is 1. The second-order valence-electron chi connectivity index (χ2n) is 6.80. The first-order chi connectivity index (χ1) is 12.3. The van der Waals surface area contributed by atoms with Gasteiger partial charge in [-0.05, 0) is 32.4 Å². The van der Waals surface area contributed by atoms with Crippen molar-refractivity contribution >= 4 is 21.6 Å². The summed E-state index contributed by atoms with van der Waals surface area (Å²) < 4.78 is 25.3. The zero-order valence-electron chi connectivity index (χ0n) is 15.3. The van der Waals surface area contributed by atoms with Gasteiger partial charge in [0.25, 0.3) is 0 Å². The summed E-state index contributed by atoms with van der Waals surface area (Å²) in [6, 6.07) is 8.97. The van der Waals surface area contributed by atoms with Gasteiger partial charge < -0.3 is 10.2 Å².